The Hall–Kier alpha value is -0.200. The Bertz CT molecular complexity index is 293. The van der Waals surface area contributed by atoms with Crippen molar-refractivity contribution in [1.82, 2.24) is 0 Å². The fraction of sp³-hybridized carbons (Fsp3) is 0.333. The summed E-state index contributed by atoms with van der Waals surface area (Å²) in [6.45, 7) is 0.330. The van der Waals surface area contributed by atoms with Crippen LogP contribution in [-0.2, 0) is 4.74 Å². The summed E-state index contributed by atoms with van der Waals surface area (Å²) in [5.41, 5.74) is 6.22. The standard InChI is InChI=1S/C9H11FINO/c1-13-5-9(12)7-4-6(11)2-3-8(7)10/h2-4,9H,5,12H2,1H3. The smallest absolute Gasteiger partial charge is 0.128 e. The van der Waals surface area contributed by atoms with Gasteiger partial charge in [0, 0.05) is 16.2 Å². The summed E-state index contributed by atoms with van der Waals surface area (Å²) in [6.07, 6.45) is 0. The maximum Gasteiger partial charge on any atom is 0.128 e. The van der Waals surface area contributed by atoms with Crippen LogP contribution < -0.4 is 5.73 Å². The molecule has 72 valence electrons. The lowest BCUT2D eigenvalue weighted by molar-refractivity contribution is 0.179. The lowest BCUT2D eigenvalue weighted by atomic mass is 10.1. The molecule has 13 heavy (non-hydrogen) atoms. The van der Waals surface area contributed by atoms with Crippen LogP contribution in [0.2, 0.25) is 0 Å². The van der Waals surface area contributed by atoms with Crippen LogP contribution in [0.25, 0.3) is 0 Å². The van der Waals surface area contributed by atoms with Crippen molar-refractivity contribution in [3.8, 4) is 0 Å². The first kappa shape index (κ1) is 10.9. The van der Waals surface area contributed by atoms with E-state index in [1.807, 2.05) is 0 Å². The second kappa shape index (κ2) is 4.88. The minimum Gasteiger partial charge on any atom is -0.383 e. The van der Waals surface area contributed by atoms with Crippen molar-refractivity contribution in [2.24, 2.45) is 5.73 Å². The molecule has 0 saturated heterocycles. The number of rotatable bonds is 3. The molecule has 0 saturated carbocycles. The largest absolute Gasteiger partial charge is 0.383 e. The second-order valence-corrected chi connectivity index (χ2v) is 3.97. The first-order valence-electron chi connectivity index (χ1n) is 3.84. The van der Waals surface area contributed by atoms with Gasteiger partial charge in [0.05, 0.1) is 12.6 Å². The molecule has 1 unspecified atom stereocenters. The molecule has 1 atom stereocenters. The van der Waals surface area contributed by atoms with Gasteiger partial charge >= 0.3 is 0 Å². The average molecular weight is 295 g/mol. The van der Waals surface area contributed by atoms with Gasteiger partial charge in [0.1, 0.15) is 5.82 Å². The van der Waals surface area contributed by atoms with Gasteiger partial charge in [0.15, 0.2) is 0 Å². The van der Waals surface area contributed by atoms with E-state index >= 15 is 0 Å². The quantitative estimate of drug-likeness (QED) is 0.867. The summed E-state index contributed by atoms with van der Waals surface area (Å²) in [4.78, 5) is 0. The molecule has 0 aliphatic heterocycles. The van der Waals surface area contributed by atoms with E-state index in [1.54, 1.807) is 19.2 Å². The minimum absolute atomic E-state index is 0.273. The maximum absolute atomic E-state index is 13.2. The lowest BCUT2D eigenvalue weighted by Gasteiger charge is -2.11. The van der Waals surface area contributed by atoms with Crippen LogP contribution in [0.1, 0.15) is 11.6 Å². The molecule has 0 heterocycles. The first-order valence-corrected chi connectivity index (χ1v) is 4.92. The zero-order chi connectivity index (χ0) is 9.84. The summed E-state index contributed by atoms with van der Waals surface area (Å²) >= 11 is 2.12. The molecule has 0 fully saturated rings. The van der Waals surface area contributed by atoms with Crippen molar-refractivity contribution in [3.63, 3.8) is 0 Å². The number of halogens is 2. The van der Waals surface area contributed by atoms with Crippen LogP contribution in [0.15, 0.2) is 18.2 Å². The van der Waals surface area contributed by atoms with E-state index in [2.05, 4.69) is 22.6 Å². The third-order valence-corrected chi connectivity index (χ3v) is 2.37. The summed E-state index contributed by atoms with van der Waals surface area (Å²) < 4.78 is 19.0. The van der Waals surface area contributed by atoms with Gasteiger partial charge in [-0.15, -0.1) is 0 Å². The van der Waals surface area contributed by atoms with Crippen LogP contribution in [-0.4, -0.2) is 13.7 Å². The second-order valence-electron chi connectivity index (χ2n) is 2.73. The predicted octanol–water partition coefficient (Wildman–Crippen LogP) is 2.08. The highest BCUT2D eigenvalue weighted by Gasteiger charge is 2.10. The van der Waals surface area contributed by atoms with Gasteiger partial charge in [0.25, 0.3) is 0 Å². The molecule has 1 aromatic carbocycles. The normalized spacial score (nSPS) is 12.9. The average Bonchev–Trinajstić information content (AvgIpc) is 2.09. The SMILES string of the molecule is COCC(N)c1cc(I)ccc1F. The summed E-state index contributed by atoms with van der Waals surface area (Å²) in [5, 5.41) is 0. The Kier molecular flexibility index (Phi) is 4.08. The number of benzene rings is 1. The molecule has 4 heteroatoms. The van der Waals surface area contributed by atoms with E-state index in [-0.39, 0.29) is 11.9 Å². The predicted molar refractivity (Wildman–Crippen MR) is 57.9 cm³/mol. The Morgan fingerprint density at radius 3 is 2.92 bits per heavy atom. The summed E-state index contributed by atoms with van der Waals surface area (Å²) in [6, 6.07) is 4.48. The molecule has 0 radical (unpaired) electrons. The van der Waals surface area contributed by atoms with Crippen LogP contribution in [0.4, 0.5) is 4.39 Å². The van der Waals surface area contributed by atoms with E-state index in [4.69, 9.17) is 10.5 Å². The Morgan fingerprint density at radius 2 is 2.31 bits per heavy atom. The van der Waals surface area contributed by atoms with Gasteiger partial charge in [0.2, 0.25) is 0 Å². The minimum atomic E-state index is -0.389. The number of ether oxygens (including phenoxy) is 1. The van der Waals surface area contributed by atoms with Gasteiger partial charge in [-0.1, -0.05) is 0 Å². The molecular weight excluding hydrogens is 284 g/mol. The first-order chi connectivity index (χ1) is 6.15. The maximum atomic E-state index is 13.2. The fourth-order valence-corrected chi connectivity index (χ4v) is 1.58. The third kappa shape index (κ3) is 2.89. The zero-order valence-electron chi connectivity index (χ0n) is 7.26. The topological polar surface area (TPSA) is 35.2 Å². The number of hydrogen-bond acceptors (Lipinski definition) is 2. The molecule has 0 bridgehead atoms. The zero-order valence-corrected chi connectivity index (χ0v) is 9.42. The molecule has 0 amide bonds. The molecular formula is C9H11FINO. The van der Waals surface area contributed by atoms with Crippen molar-refractivity contribution >= 4 is 22.6 Å². The molecule has 0 aliphatic carbocycles. The van der Waals surface area contributed by atoms with Crippen LogP contribution in [0.5, 0.6) is 0 Å². The van der Waals surface area contributed by atoms with E-state index in [0.717, 1.165) is 3.57 Å². The van der Waals surface area contributed by atoms with Gasteiger partial charge in [-0.25, -0.2) is 4.39 Å². The highest BCUT2D eigenvalue weighted by atomic mass is 127. The number of hydrogen-bond donors (Lipinski definition) is 1. The molecule has 1 rings (SSSR count). The highest BCUT2D eigenvalue weighted by Crippen LogP contribution is 2.18. The Labute approximate surface area is 90.4 Å². The fourth-order valence-electron chi connectivity index (χ4n) is 1.07. The summed E-state index contributed by atoms with van der Waals surface area (Å²) in [5.74, 6) is -0.273. The molecule has 0 aromatic heterocycles. The molecule has 1 aromatic rings. The van der Waals surface area contributed by atoms with Crippen LogP contribution >= 0.6 is 22.6 Å². The third-order valence-electron chi connectivity index (χ3n) is 1.70. The van der Waals surface area contributed by atoms with Gasteiger partial charge in [-0.3, -0.25) is 0 Å². The molecule has 0 aliphatic rings. The van der Waals surface area contributed by atoms with Gasteiger partial charge in [-0.2, -0.15) is 0 Å². The van der Waals surface area contributed by atoms with Crippen molar-refractivity contribution in [3.05, 3.63) is 33.1 Å². The van der Waals surface area contributed by atoms with Gasteiger partial charge < -0.3 is 10.5 Å². The Morgan fingerprint density at radius 1 is 1.62 bits per heavy atom. The van der Waals surface area contributed by atoms with Crippen LogP contribution in [0, 0.1) is 9.39 Å². The lowest BCUT2D eigenvalue weighted by Crippen LogP contribution is -2.17. The van der Waals surface area contributed by atoms with E-state index in [1.165, 1.54) is 6.07 Å². The Balaban J connectivity index is 2.91. The van der Waals surface area contributed by atoms with Crippen LogP contribution in [0.3, 0.4) is 0 Å². The summed E-state index contributed by atoms with van der Waals surface area (Å²) in [7, 11) is 1.55. The van der Waals surface area contributed by atoms with E-state index < -0.39 is 0 Å². The number of nitrogens with two attached hydrogens (primary N) is 1. The van der Waals surface area contributed by atoms with Crippen molar-refractivity contribution in [2.45, 2.75) is 6.04 Å². The van der Waals surface area contributed by atoms with E-state index in [9.17, 15) is 4.39 Å². The van der Waals surface area contributed by atoms with Crippen molar-refractivity contribution in [1.29, 1.82) is 0 Å². The molecule has 0 spiro atoms. The molecule has 2 N–H and O–H groups in total. The van der Waals surface area contributed by atoms with Gasteiger partial charge in [-0.05, 0) is 40.8 Å². The van der Waals surface area contributed by atoms with Crippen molar-refractivity contribution in [2.75, 3.05) is 13.7 Å². The monoisotopic (exact) mass is 295 g/mol. The highest BCUT2D eigenvalue weighted by molar-refractivity contribution is 14.1. The molecule has 2 nitrogen and oxygen atoms in total. The van der Waals surface area contributed by atoms with Crippen molar-refractivity contribution < 1.29 is 9.13 Å². The number of methoxy groups -OCH3 is 1. The van der Waals surface area contributed by atoms with E-state index in [0.29, 0.717) is 12.2 Å².